The molecule has 0 fully saturated rings. The SMILES string of the molecule is C[C@@H](NC(=O)/C(=C\c1cccc([N+](=O)[O-])c1)NC(=O)c1ccc(Br)cc1)C(=O)O. The first-order chi connectivity index (χ1) is 13.7. The zero-order valence-corrected chi connectivity index (χ0v) is 16.7. The number of nitro benzene ring substituents is 1. The fourth-order valence-electron chi connectivity index (χ4n) is 2.19. The van der Waals surface area contributed by atoms with Crippen molar-refractivity contribution in [3.8, 4) is 0 Å². The van der Waals surface area contributed by atoms with Gasteiger partial charge in [0.25, 0.3) is 17.5 Å². The number of halogens is 1. The molecule has 0 aromatic heterocycles. The lowest BCUT2D eigenvalue weighted by Crippen LogP contribution is -2.42. The smallest absolute Gasteiger partial charge is 0.325 e. The van der Waals surface area contributed by atoms with Gasteiger partial charge in [0.1, 0.15) is 11.7 Å². The van der Waals surface area contributed by atoms with E-state index in [-0.39, 0.29) is 22.5 Å². The van der Waals surface area contributed by atoms with Crippen molar-refractivity contribution in [1.29, 1.82) is 0 Å². The van der Waals surface area contributed by atoms with E-state index >= 15 is 0 Å². The van der Waals surface area contributed by atoms with Gasteiger partial charge < -0.3 is 15.7 Å². The standard InChI is InChI=1S/C19H16BrN3O6/c1-11(19(26)27)21-18(25)16(10-12-3-2-4-15(9-12)23(28)29)22-17(24)13-5-7-14(20)8-6-13/h2-11H,1H3,(H,21,25)(H,22,24)(H,26,27)/b16-10+/t11-/m1/s1. The lowest BCUT2D eigenvalue weighted by molar-refractivity contribution is -0.384. The van der Waals surface area contributed by atoms with E-state index in [0.29, 0.717) is 0 Å². The van der Waals surface area contributed by atoms with Gasteiger partial charge in [0, 0.05) is 22.2 Å². The lowest BCUT2D eigenvalue weighted by atomic mass is 10.1. The number of carboxylic acids is 1. The molecule has 0 saturated heterocycles. The Hall–Kier alpha value is -3.53. The van der Waals surface area contributed by atoms with E-state index in [2.05, 4.69) is 26.6 Å². The zero-order chi connectivity index (χ0) is 21.6. The number of hydrogen-bond donors (Lipinski definition) is 3. The van der Waals surface area contributed by atoms with Crippen molar-refractivity contribution in [2.75, 3.05) is 0 Å². The highest BCUT2D eigenvalue weighted by molar-refractivity contribution is 9.10. The quantitative estimate of drug-likeness (QED) is 0.329. The predicted octanol–water partition coefficient (Wildman–Crippen LogP) is 2.72. The summed E-state index contributed by atoms with van der Waals surface area (Å²) in [5, 5.41) is 24.6. The minimum absolute atomic E-state index is 0.198. The molecule has 0 saturated carbocycles. The second-order valence-corrected chi connectivity index (χ2v) is 6.82. The van der Waals surface area contributed by atoms with Gasteiger partial charge in [0.15, 0.2) is 0 Å². The number of nitrogens with one attached hydrogen (secondary N) is 2. The normalized spacial score (nSPS) is 12.0. The third kappa shape index (κ3) is 6.25. The molecule has 2 aromatic carbocycles. The fraction of sp³-hybridized carbons (Fsp3) is 0.105. The Morgan fingerprint density at radius 2 is 1.83 bits per heavy atom. The van der Waals surface area contributed by atoms with Crippen molar-refractivity contribution in [2.45, 2.75) is 13.0 Å². The third-order valence-electron chi connectivity index (χ3n) is 3.71. The van der Waals surface area contributed by atoms with Crippen LogP contribution in [0.3, 0.4) is 0 Å². The van der Waals surface area contributed by atoms with E-state index in [1.54, 1.807) is 12.1 Å². The molecule has 2 rings (SSSR count). The fourth-order valence-corrected chi connectivity index (χ4v) is 2.45. The maximum absolute atomic E-state index is 12.5. The Kier molecular flexibility index (Phi) is 7.21. The van der Waals surface area contributed by atoms with E-state index in [4.69, 9.17) is 5.11 Å². The van der Waals surface area contributed by atoms with Gasteiger partial charge in [-0.3, -0.25) is 24.5 Å². The van der Waals surface area contributed by atoms with Crippen molar-refractivity contribution in [1.82, 2.24) is 10.6 Å². The van der Waals surface area contributed by atoms with Gasteiger partial charge in [-0.05, 0) is 42.8 Å². The molecule has 0 radical (unpaired) electrons. The Balaban J connectivity index is 2.36. The molecule has 2 aromatic rings. The number of nitro groups is 1. The van der Waals surface area contributed by atoms with Crippen molar-refractivity contribution in [3.05, 3.63) is 79.9 Å². The molecule has 3 N–H and O–H groups in total. The minimum atomic E-state index is -1.26. The van der Waals surface area contributed by atoms with Crippen LogP contribution in [0.2, 0.25) is 0 Å². The molecular weight excluding hydrogens is 446 g/mol. The van der Waals surface area contributed by atoms with Crippen LogP contribution in [0, 0.1) is 10.1 Å². The Labute approximate surface area is 173 Å². The van der Waals surface area contributed by atoms with Crippen LogP contribution in [0.15, 0.2) is 58.7 Å². The van der Waals surface area contributed by atoms with Gasteiger partial charge in [-0.2, -0.15) is 0 Å². The number of hydrogen-bond acceptors (Lipinski definition) is 5. The maximum atomic E-state index is 12.5. The van der Waals surface area contributed by atoms with E-state index in [0.717, 1.165) is 4.47 Å². The van der Waals surface area contributed by atoms with Crippen LogP contribution in [-0.2, 0) is 9.59 Å². The Morgan fingerprint density at radius 3 is 2.41 bits per heavy atom. The van der Waals surface area contributed by atoms with Gasteiger partial charge in [0.05, 0.1) is 4.92 Å². The molecule has 0 unspecified atom stereocenters. The third-order valence-corrected chi connectivity index (χ3v) is 4.24. The predicted molar refractivity (Wildman–Crippen MR) is 108 cm³/mol. The molecule has 9 nitrogen and oxygen atoms in total. The number of nitrogens with zero attached hydrogens (tertiary/aromatic N) is 1. The number of carbonyl (C=O) groups excluding carboxylic acids is 2. The summed E-state index contributed by atoms with van der Waals surface area (Å²) in [4.78, 5) is 46.4. The van der Waals surface area contributed by atoms with E-state index in [1.165, 1.54) is 49.4 Å². The zero-order valence-electron chi connectivity index (χ0n) is 15.1. The number of aliphatic carboxylic acids is 1. The molecule has 0 heterocycles. The van der Waals surface area contributed by atoms with E-state index in [1.807, 2.05) is 0 Å². The van der Waals surface area contributed by atoms with Gasteiger partial charge >= 0.3 is 5.97 Å². The number of non-ortho nitro benzene ring substituents is 1. The van der Waals surface area contributed by atoms with Crippen molar-refractivity contribution in [3.63, 3.8) is 0 Å². The number of carboxylic acid groups (broad SMARTS) is 1. The molecule has 0 spiro atoms. The average Bonchev–Trinajstić information content (AvgIpc) is 2.67. The first-order valence-corrected chi connectivity index (χ1v) is 9.03. The first-order valence-electron chi connectivity index (χ1n) is 8.24. The highest BCUT2D eigenvalue weighted by Gasteiger charge is 2.20. The van der Waals surface area contributed by atoms with Gasteiger partial charge in [-0.25, -0.2) is 0 Å². The second kappa shape index (κ2) is 9.60. The van der Waals surface area contributed by atoms with Crippen molar-refractivity contribution < 1.29 is 24.4 Å². The molecule has 0 aliphatic rings. The summed E-state index contributed by atoms with van der Waals surface area (Å²) >= 11 is 3.25. The van der Waals surface area contributed by atoms with Gasteiger partial charge in [0.2, 0.25) is 0 Å². The average molecular weight is 462 g/mol. The molecule has 10 heteroatoms. The summed E-state index contributed by atoms with van der Waals surface area (Å²) in [6.07, 6.45) is 1.23. The maximum Gasteiger partial charge on any atom is 0.325 e. The first kappa shape index (κ1) is 21.8. The largest absolute Gasteiger partial charge is 0.480 e. The summed E-state index contributed by atoms with van der Waals surface area (Å²) in [5.74, 6) is -2.71. The molecule has 0 aliphatic heterocycles. The van der Waals surface area contributed by atoms with Gasteiger partial charge in [-0.15, -0.1) is 0 Å². The highest BCUT2D eigenvalue weighted by Crippen LogP contribution is 2.16. The van der Waals surface area contributed by atoms with Crippen LogP contribution in [-0.4, -0.2) is 33.9 Å². The van der Waals surface area contributed by atoms with Crippen LogP contribution in [0.1, 0.15) is 22.8 Å². The summed E-state index contributed by atoms with van der Waals surface area (Å²) < 4.78 is 0.759. The number of amides is 2. The number of benzene rings is 2. The number of carbonyl (C=O) groups is 3. The van der Waals surface area contributed by atoms with E-state index < -0.39 is 28.7 Å². The monoisotopic (exact) mass is 461 g/mol. The van der Waals surface area contributed by atoms with Crippen molar-refractivity contribution >= 4 is 45.5 Å². The molecular formula is C19H16BrN3O6. The van der Waals surface area contributed by atoms with Crippen LogP contribution in [0.5, 0.6) is 0 Å². The van der Waals surface area contributed by atoms with Gasteiger partial charge in [-0.1, -0.05) is 28.1 Å². The lowest BCUT2D eigenvalue weighted by Gasteiger charge is -2.13. The van der Waals surface area contributed by atoms with E-state index in [9.17, 15) is 24.5 Å². The summed E-state index contributed by atoms with van der Waals surface area (Å²) in [6, 6.07) is 10.6. The Morgan fingerprint density at radius 1 is 1.17 bits per heavy atom. The topological polar surface area (TPSA) is 139 Å². The summed E-state index contributed by atoms with van der Waals surface area (Å²) in [5.41, 5.74) is 0.0869. The molecule has 1 atom stereocenters. The molecule has 0 aliphatic carbocycles. The summed E-state index contributed by atoms with van der Waals surface area (Å²) in [7, 11) is 0. The number of rotatable bonds is 7. The molecule has 0 bridgehead atoms. The van der Waals surface area contributed by atoms with Crippen LogP contribution in [0.4, 0.5) is 5.69 Å². The highest BCUT2D eigenvalue weighted by atomic mass is 79.9. The Bertz CT molecular complexity index is 988. The van der Waals surface area contributed by atoms with Crippen LogP contribution in [0.25, 0.3) is 6.08 Å². The van der Waals surface area contributed by atoms with Crippen LogP contribution >= 0.6 is 15.9 Å². The second-order valence-electron chi connectivity index (χ2n) is 5.90. The van der Waals surface area contributed by atoms with Crippen LogP contribution < -0.4 is 10.6 Å². The molecule has 150 valence electrons. The molecule has 2 amide bonds. The molecule has 29 heavy (non-hydrogen) atoms. The minimum Gasteiger partial charge on any atom is -0.480 e. The summed E-state index contributed by atoms with van der Waals surface area (Å²) in [6.45, 7) is 1.27. The van der Waals surface area contributed by atoms with Crippen molar-refractivity contribution in [2.24, 2.45) is 0 Å².